The molecule has 1 aromatic rings. The smallest absolute Gasteiger partial charge is 0.346 e. The summed E-state index contributed by atoms with van der Waals surface area (Å²) in [5.74, 6) is 0.313. The Kier molecular flexibility index (Phi) is 4.15. The van der Waals surface area contributed by atoms with Crippen LogP contribution in [-0.4, -0.2) is 19.2 Å². The SMILES string of the molecule is COC(=O)[C@@H](C)Oc1ccc(Br)cc1C. The second kappa shape index (κ2) is 5.16. The number of ether oxygens (including phenoxy) is 2. The lowest BCUT2D eigenvalue weighted by Crippen LogP contribution is -2.25. The summed E-state index contributed by atoms with van der Waals surface area (Å²) in [4.78, 5) is 11.1. The summed E-state index contributed by atoms with van der Waals surface area (Å²) in [5.41, 5.74) is 0.972. The van der Waals surface area contributed by atoms with Crippen molar-refractivity contribution in [1.82, 2.24) is 0 Å². The van der Waals surface area contributed by atoms with E-state index in [4.69, 9.17) is 4.74 Å². The third kappa shape index (κ3) is 3.23. The van der Waals surface area contributed by atoms with Gasteiger partial charge in [0.05, 0.1) is 7.11 Å². The Morgan fingerprint density at radius 1 is 1.47 bits per heavy atom. The van der Waals surface area contributed by atoms with Gasteiger partial charge in [-0.25, -0.2) is 4.79 Å². The Labute approximate surface area is 97.5 Å². The second-order valence-electron chi connectivity index (χ2n) is 3.19. The third-order valence-corrected chi connectivity index (χ3v) is 2.47. The van der Waals surface area contributed by atoms with Crippen molar-refractivity contribution in [1.29, 1.82) is 0 Å². The summed E-state index contributed by atoms with van der Waals surface area (Å²) in [5, 5.41) is 0. The third-order valence-electron chi connectivity index (χ3n) is 1.97. The van der Waals surface area contributed by atoms with Crippen LogP contribution < -0.4 is 4.74 Å². The van der Waals surface area contributed by atoms with Crippen LogP contribution in [0.15, 0.2) is 22.7 Å². The molecule has 0 aromatic heterocycles. The molecule has 0 N–H and O–H groups in total. The number of aryl methyl sites for hydroxylation is 1. The summed E-state index contributed by atoms with van der Waals surface area (Å²) in [7, 11) is 1.34. The summed E-state index contributed by atoms with van der Waals surface area (Å²) in [6.07, 6.45) is -0.588. The van der Waals surface area contributed by atoms with Gasteiger partial charge in [-0.2, -0.15) is 0 Å². The first-order valence-corrected chi connectivity index (χ1v) is 5.34. The van der Waals surface area contributed by atoms with Crippen molar-refractivity contribution in [2.24, 2.45) is 0 Å². The Bertz CT molecular complexity index is 363. The first kappa shape index (κ1) is 12.0. The molecule has 4 heteroatoms. The monoisotopic (exact) mass is 272 g/mol. The van der Waals surface area contributed by atoms with Crippen LogP contribution in [0.5, 0.6) is 5.75 Å². The summed E-state index contributed by atoms with van der Waals surface area (Å²) in [6.45, 7) is 3.58. The second-order valence-corrected chi connectivity index (χ2v) is 4.11. The maximum atomic E-state index is 11.1. The number of carbonyl (C=O) groups excluding carboxylic acids is 1. The van der Waals surface area contributed by atoms with Crippen LogP contribution in [0.2, 0.25) is 0 Å². The molecule has 1 aromatic carbocycles. The van der Waals surface area contributed by atoms with Gasteiger partial charge < -0.3 is 9.47 Å². The van der Waals surface area contributed by atoms with Gasteiger partial charge in [0.1, 0.15) is 5.75 Å². The fourth-order valence-electron chi connectivity index (χ4n) is 1.15. The maximum absolute atomic E-state index is 11.1. The minimum Gasteiger partial charge on any atom is -0.479 e. The van der Waals surface area contributed by atoms with Gasteiger partial charge in [-0.05, 0) is 37.6 Å². The molecule has 0 heterocycles. The van der Waals surface area contributed by atoms with E-state index in [0.29, 0.717) is 5.75 Å². The van der Waals surface area contributed by atoms with Gasteiger partial charge in [0.2, 0.25) is 0 Å². The summed E-state index contributed by atoms with van der Waals surface area (Å²) >= 11 is 3.36. The zero-order valence-electron chi connectivity index (χ0n) is 8.91. The van der Waals surface area contributed by atoms with Gasteiger partial charge in [-0.3, -0.25) is 0 Å². The minimum atomic E-state index is -0.588. The van der Waals surface area contributed by atoms with E-state index in [1.807, 2.05) is 25.1 Å². The van der Waals surface area contributed by atoms with Crippen LogP contribution in [0.4, 0.5) is 0 Å². The van der Waals surface area contributed by atoms with Crippen molar-refractivity contribution in [3.05, 3.63) is 28.2 Å². The average molecular weight is 273 g/mol. The molecule has 15 heavy (non-hydrogen) atoms. The van der Waals surface area contributed by atoms with Crippen LogP contribution in [0.1, 0.15) is 12.5 Å². The van der Waals surface area contributed by atoms with E-state index in [-0.39, 0.29) is 5.97 Å². The molecule has 1 atom stereocenters. The summed E-state index contributed by atoms with van der Waals surface area (Å²) < 4.78 is 11.0. The van der Waals surface area contributed by atoms with Crippen molar-refractivity contribution in [3.63, 3.8) is 0 Å². The van der Waals surface area contributed by atoms with E-state index in [0.717, 1.165) is 10.0 Å². The number of hydrogen-bond acceptors (Lipinski definition) is 3. The lowest BCUT2D eigenvalue weighted by atomic mass is 10.2. The molecule has 0 fully saturated rings. The highest BCUT2D eigenvalue weighted by Crippen LogP contribution is 2.23. The molecule has 0 saturated carbocycles. The Morgan fingerprint density at radius 3 is 2.67 bits per heavy atom. The first-order valence-electron chi connectivity index (χ1n) is 4.55. The number of esters is 1. The van der Waals surface area contributed by atoms with E-state index >= 15 is 0 Å². The maximum Gasteiger partial charge on any atom is 0.346 e. The van der Waals surface area contributed by atoms with Crippen molar-refractivity contribution >= 4 is 21.9 Å². The molecular formula is C11H13BrO3. The van der Waals surface area contributed by atoms with E-state index in [1.54, 1.807) is 6.92 Å². The number of rotatable bonds is 3. The fraction of sp³-hybridized carbons (Fsp3) is 0.364. The van der Waals surface area contributed by atoms with E-state index in [2.05, 4.69) is 20.7 Å². The van der Waals surface area contributed by atoms with E-state index in [9.17, 15) is 4.79 Å². The number of methoxy groups -OCH3 is 1. The molecule has 0 spiro atoms. The van der Waals surface area contributed by atoms with Gasteiger partial charge in [0.25, 0.3) is 0 Å². The Balaban J connectivity index is 2.76. The quantitative estimate of drug-likeness (QED) is 0.794. The van der Waals surface area contributed by atoms with E-state index in [1.165, 1.54) is 7.11 Å². The number of benzene rings is 1. The number of halogens is 1. The highest BCUT2D eigenvalue weighted by atomic mass is 79.9. The molecule has 0 saturated heterocycles. The van der Waals surface area contributed by atoms with Crippen molar-refractivity contribution < 1.29 is 14.3 Å². The molecular weight excluding hydrogens is 260 g/mol. The molecule has 0 bridgehead atoms. The molecule has 0 aliphatic heterocycles. The molecule has 82 valence electrons. The zero-order valence-corrected chi connectivity index (χ0v) is 10.5. The highest BCUT2D eigenvalue weighted by Gasteiger charge is 2.15. The molecule has 1 rings (SSSR count). The topological polar surface area (TPSA) is 35.5 Å². The van der Waals surface area contributed by atoms with Crippen LogP contribution in [0.25, 0.3) is 0 Å². The molecule has 0 aliphatic carbocycles. The normalized spacial score (nSPS) is 12.0. The molecule has 0 radical (unpaired) electrons. The van der Waals surface area contributed by atoms with E-state index < -0.39 is 6.10 Å². The minimum absolute atomic E-state index is 0.377. The van der Waals surface area contributed by atoms with Crippen molar-refractivity contribution in [3.8, 4) is 5.75 Å². The van der Waals surface area contributed by atoms with Gasteiger partial charge >= 0.3 is 5.97 Å². The van der Waals surface area contributed by atoms with Crippen LogP contribution >= 0.6 is 15.9 Å². The Hall–Kier alpha value is -1.03. The van der Waals surface area contributed by atoms with Gasteiger partial charge in [-0.1, -0.05) is 15.9 Å². The van der Waals surface area contributed by atoms with Crippen molar-refractivity contribution in [2.45, 2.75) is 20.0 Å². The number of carbonyl (C=O) groups is 1. The van der Waals surface area contributed by atoms with Crippen molar-refractivity contribution in [2.75, 3.05) is 7.11 Å². The first-order chi connectivity index (χ1) is 7.04. The summed E-state index contributed by atoms with van der Waals surface area (Å²) in [6, 6.07) is 5.62. The fourth-order valence-corrected chi connectivity index (χ4v) is 1.63. The van der Waals surface area contributed by atoms with Gasteiger partial charge in [0, 0.05) is 4.47 Å². The lowest BCUT2D eigenvalue weighted by molar-refractivity contribution is -0.147. The standard InChI is InChI=1S/C11H13BrO3/c1-7-6-9(12)4-5-10(7)15-8(2)11(13)14-3/h4-6,8H,1-3H3/t8-/m1/s1. The van der Waals surface area contributed by atoms with Gasteiger partial charge in [-0.15, -0.1) is 0 Å². The molecule has 3 nitrogen and oxygen atoms in total. The largest absolute Gasteiger partial charge is 0.479 e. The Morgan fingerprint density at radius 2 is 2.13 bits per heavy atom. The predicted molar refractivity (Wildman–Crippen MR) is 61.0 cm³/mol. The van der Waals surface area contributed by atoms with Gasteiger partial charge in [0.15, 0.2) is 6.10 Å². The molecule has 0 unspecified atom stereocenters. The molecule has 0 amide bonds. The van der Waals surface area contributed by atoms with Crippen LogP contribution in [0, 0.1) is 6.92 Å². The predicted octanol–water partition coefficient (Wildman–Crippen LogP) is 2.70. The average Bonchev–Trinajstić information content (AvgIpc) is 2.20. The lowest BCUT2D eigenvalue weighted by Gasteiger charge is -2.14. The molecule has 0 aliphatic rings. The van der Waals surface area contributed by atoms with Crippen LogP contribution in [-0.2, 0) is 9.53 Å². The number of hydrogen-bond donors (Lipinski definition) is 0. The van der Waals surface area contributed by atoms with Crippen LogP contribution in [0.3, 0.4) is 0 Å². The highest BCUT2D eigenvalue weighted by molar-refractivity contribution is 9.10. The zero-order chi connectivity index (χ0) is 11.4.